The molecule has 0 bridgehead atoms. The molecule has 3 aromatic carbocycles. The SMILES string of the molecule is COC(=O)c1cccc(-n2c(=O)n(Cc3ccccc3)c(=O)c3ccccc32)c1. The molecule has 4 aromatic rings. The monoisotopic (exact) mass is 386 g/mol. The molecule has 1 heterocycles. The molecule has 0 fully saturated rings. The predicted octanol–water partition coefficient (Wildman–Crippen LogP) is 2.99. The van der Waals surface area contributed by atoms with Crippen LogP contribution in [0.5, 0.6) is 0 Å². The Hall–Kier alpha value is -3.93. The maximum atomic E-state index is 13.4. The summed E-state index contributed by atoms with van der Waals surface area (Å²) in [5.74, 6) is -0.498. The van der Waals surface area contributed by atoms with Gasteiger partial charge in [-0.05, 0) is 35.9 Å². The van der Waals surface area contributed by atoms with Gasteiger partial charge in [-0.3, -0.25) is 13.9 Å². The minimum atomic E-state index is -0.498. The molecule has 0 unspecified atom stereocenters. The van der Waals surface area contributed by atoms with Crippen molar-refractivity contribution in [2.24, 2.45) is 0 Å². The summed E-state index contributed by atoms with van der Waals surface area (Å²) >= 11 is 0. The third-order valence-corrected chi connectivity index (χ3v) is 4.75. The Labute approximate surface area is 166 Å². The maximum absolute atomic E-state index is 13.4. The van der Waals surface area contributed by atoms with Crippen molar-refractivity contribution in [3.05, 3.63) is 111 Å². The molecule has 144 valence electrons. The fourth-order valence-corrected chi connectivity index (χ4v) is 3.35. The molecule has 6 nitrogen and oxygen atoms in total. The van der Waals surface area contributed by atoms with E-state index in [1.165, 1.54) is 16.2 Å². The first kappa shape index (κ1) is 18.4. The van der Waals surface area contributed by atoms with Crippen molar-refractivity contribution < 1.29 is 9.53 Å². The van der Waals surface area contributed by atoms with Gasteiger partial charge in [-0.15, -0.1) is 0 Å². The van der Waals surface area contributed by atoms with E-state index in [-0.39, 0.29) is 12.1 Å². The average Bonchev–Trinajstić information content (AvgIpc) is 2.77. The Morgan fingerprint density at radius 3 is 2.38 bits per heavy atom. The molecular weight excluding hydrogens is 368 g/mol. The number of hydrogen-bond acceptors (Lipinski definition) is 4. The van der Waals surface area contributed by atoms with Gasteiger partial charge in [-0.1, -0.05) is 48.5 Å². The normalized spacial score (nSPS) is 10.8. The van der Waals surface area contributed by atoms with Crippen molar-refractivity contribution in [3.63, 3.8) is 0 Å². The van der Waals surface area contributed by atoms with E-state index >= 15 is 0 Å². The van der Waals surface area contributed by atoms with Crippen molar-refractivity contribution in [2.45, 2.75) is 6.54 Å². The topological polar surface area (TPSA) is 70.3 Å². The van der Waals surface area contributed by atoms with Crippen LogP contribution in [-0.2, 0) is 11.3 Å². The van der Waals surface area contributed by atoms with Crippen molar-refractivity contribution in [2.75, 3.05) is 7.11 Å². The van der Waals surface area contributed by atoms with Crippen LogP contribution in [-0.4, -0.2) is 22.2 Å². The zero-order valence-corrected chi connectivity index (χ0v) is 15.7. The van der Waals surface area contributed by atoms with Crippen LogP contribution in [0.3, 0.4) is 0 Å². The Balaban J connectivity index is 2.00. The van der Waals surface area contributed by atoms with Gasteiger partial charge in [0.05, 0.1) is 35.8 Å². The van der Waals surface area contributed by atoms with Gasteiger partial charge in [0.15, 0.2) is 0 Å². The van der Waals surface area contributed by atoms with E-state index < -0.39 is 11.7 Å². The number of aromatic nitrogens is 2. The highest BCUT2D eigenvalue weighted by Crippen LogP contribution is 2.16. The highest BCUT2D eigenvalue weighted by molar-refractivity contribution is 5.90. The third-order valence-electron chi connectivity index (χ3n) is 4.75. The van der Waals surface area contributed by atoms with E-state index in [1.54, 1.807) is 48.5 Å². The fourth-order valence-electron chi connectivity index (χ4n) is 3.35. The Bertz CT molecular complexity index is 1320. The lowest BCUT2D eigenvalue weighted by Gasteiger charge is -2.15. The van der Waals surface area contributed by atoms with Crippen LogP contribution in [0.4, 0.5) is 0 Å². The minimum absolute atomic E-state index is 0.153. The second kappa shape index (κ2) is 7.59. The number of para-hydroxylation sites is 1. The van der Waals surface area contributed by atoms with E-state index in [0.717, 1.165) is 5.56 Å². The summed E-state index contributed by atoms with van der Waals surface area (Å²) in [5.41, 5.74) is 1.30. The molecule has 4 rings (SSSR count). The van der Waals surface area contributed by atoms with Crippen LogP contribution >= 0.6 is 0 Å². The van der Waals surface area contributed by atoms with Crippen molar-refractivity contribution in [1.29, 1.82) is 0 Å². The number of methoxy groups -OCH3 is 1. The Morgan fingerprint density at radius 1 is 0.897 bits per heavy atom. The summed E-state index contributed by atoms with van der Waals surface area (Å²) in [6, 6.07) is 22.9. The molecule has 0 aliphatic heterocycles. The zero-order valence-electron chi connectivity index (χ0n) is 15.7. The summed E-state index contributed by atoms with van der Waals surface area (Å²) in [6.07, 6.45) is 0. The summed E-state index contributed by atoms with van der Waals surface area (Å²) < 4.78 is 7.45. The van der Waals surface area contributed by atoms with Crippen LogP contribution in [0.1, 0.15) is 15.9 Å². The standard InChI is InChI=1S/C23H18N2O4/c1-29-22(27)17-10-7-11-18(14-17)25-20-13-6-5-12-19(20)21(26)24(23(25)28)15-16-8-3-2-4-9-16/h2-14H,15H2,1H3. The van der Waals surface area contributed by atoms with Gasteiger partial charge in [0.2, 0.25) is 0 Å². The molecule has 0 saturated carbocycles. The predicted molar refractivity (Wildman–Crippen MR) is 111 cm³/mol. The van der Waals surface area contributed by atoms with E-state index in [2.05, 4.69) is 0 Å². The molecule has 0 aliphatic carbocycles. The van der Waals surface area contributed by atoms with Crippen molar-refractivity contribution in [1.82, 2.24) is 9.13 Å². The lowest BCUT2D eigenvalue weighted by Crippen LogP contribution is -2.39. The molecular formula is C23H18N2O4. The van der Waals surface area contributed by atoms with Crippen molar-refractivity contribution >= 4 is 16.9 Å². The molecule has 0 radical (unpaired) electrons. The number of ether oxygens (including phenoxy) is 1. The number of carbonyl (C=O) groups excluding carboxylic acids is 1. The molecule has 0 N–H and O–H groups in total. The minimum Gasteiger partial charge on any atom is -0.465 e. The molecule has 1 aromatic heterocycles. The van der Waals surface area contributed by atoms with E-state index in [4.69, 9.17) is 4.74 Å². The lowest BCUT2D eigenvalue weighted by atomic mass is 10.1. The average molecular weight is 386 g/mol. The molecule has 6 heteroatoms. The molecule has 0 aliphatic rings. The molecule has 0 amide bonds. The first-order valence-electron chi connectivity index (χ1n) is 9.07. The van der Waals surface area contributed by atoms with Gasteiger partial charge in [0, 0.05) is 0 Å². The number of hydrogen-bond donors (Lipinski definition) is 0. The Morgan fingerprint density at radius 2 is 1.62 bits per heavy atom. The third kappa shape index (κ3) is 3.36. The van der Waals surface area contributed by atoms with E-state index in [9.17, 15) is 14.4 Å². The summed E-state index contributed by atoms with van der Waals surface area (Å²) in [7, 11) is 1.30. The molecule has 29 heavy (non-hydrogen) atoms. The number of fused-ring (bicyclic) bond motifs is 1. The highest BCUT2D eigenvalue weighted by Gasteiger charge is 2.16. The van der Waals surface area contributed by atoms with Gasteiger partial charge in [0.25, 0.3) is 5.56 Å². The molecule has 0 atom stereocenters. The summed E-state index contributed by atoms with van der Waals surface area (Å²) in [6.45, 7) is 0.153. The Kier molecular flexibility index (Phi) is 4.83. The number of nitrogens with zero attached hydrogens (tertiary/aromatic N) is 2. The number of benzene rings is 3. The highest BCUT2D eigenvalue weighted by atomic mass is 16.5. The zero-order chi connectivity index (χ0) is 20.4. The second-order valence-electron chi connectivity index (χ2n) is 6.55. The first-order chi connectivity index (χ1) is 14.1. The van der Waals surface area contributed by atoms with Crippen LogP contribution in [0.25, 0.3) is 16.6 Å². The van der Waals surface area contributed by atoms with Gasteiger partial charge in [0.1, 0.15) is 0 Å². The van der Waals surface area contributed by atoms with Gasteiger partial charge in [-0.25, -0.2) is 9.59 Å². The van der Waals surface area contributed by atoms with E-state index in [0.29, 0.717) is 22.2 Å². The number of esters is 1. The van der Waals surface area contributed by atoms with Crippen LogP contribution in [0.2, 0.25) is 0 Å². The smallest absolute Gasteiger partial charge is 0.337 e. The quantitative estimate of drug-likeness (QED) is 0.506. The van der Waals surface area contributed by atoms with Crippen molar-refractivity contribution in [3.8, 4) is 5.69 Å². The maximum Gasteiger partial charge on any atom is 0.337 e. The number of rotatable bonds is 4. The molecule has 0 saturated heterocycles. The van der Waals surface area contributed by atoms with Gasteiger partial charge < -0.3 is 4.74 Å². The second-order valence-corrected chi connectivity index (χ2v) is 6.55. The number of carbonyl (C=O) groups is 1. The van der Waals surface area contributed by atoms with Gasteiger partial charge in [-0.2, -0.15) is 0 Å². The fraction of sp³-hybridized carbons (Fsp3) is 0.0870. The largest absolute Gasteiger partial charge is 0.465 e. The lowest BCUT2D eigenvalue weighted by molar-refractivity contribution is 0.0600. The van der Waals surface area contributed by atoms with Gasteiger partial charge >= 0.3 is 11.7 Å². The summed E-state index contributed by atoms with van der Waals surface area (Å²) in [5, 5.41) is 0.423. The first-order valence-corrected chi connectivity index (χ1v) is 9.07. The van der Waals surface area contributed by atoms with Crippen LogP contribution in [0.15, 0.2) is 88.5 Å². The van der Waals surface area contributed by atoms with E-state index in [1.807, 2.05) is 30.3 Å². The molecule has 0 spiro atoms. The van der Waals surface area contributed by atoms with Crippen LogP contribution in [0, 0.1) is 0 Å². The van der Waals surface area contributed by atoms with Crippen LogP contribution < -0.4 is 11.2 Å². The summed E-state index contributed by atoms with van der Waals surface area (Å²) in [4.78, 5) is 38.3.